The van der Waals surface area contributed by atoms with Crippen molar-refractivity contribution in [2.24, 2.45) is 0 Å². The molecule has 128 valence electrons. The summed E-state index contributed by atoms with van der Waals surface area (Å²) in [7, 11) is 3.34. The molecule has 25 heavy (non-hydrogen) atoms. The number of nitrogens with zero attached hydrogens (tertiary/aromatic N) is 3. The first-order valence-corrected chi connectivity index (χ1v) is 8.61. The molecule has 8 heteroatoms. The molecule has 0 fully saturated rings. The van der Waals surface area contributed by atoms with Gasteiger partial charge in [-0.25, -0.2) is 4.98 Å². The summed E-state index contributed by atoms with van der Waals surface area (Å²) in [5.74, 6) is -0.529. The molecule has 3 aromatic rings. The van der Waals surface area contributed by atoms with Gasteiger partial charge in [0.25, 0.3) is 11.8 Å². The molecule has 0 aliphatic carbocycles. The highest BCUT2D eigenvalue weighted by atomic mass is 35.5. The van der Waals surface area contributed by atoms with Crippen LogP contribution in [-0.2, 0) is 0 Å². The first kappa shape index (κ1) is 17.3. The van der Waals surface area contributed by atoms with Crippen LogP contribution in [0.1, 0.15) is 25.9 Å². The summed E-state index contributed by atoms with van der Waals surface area (Å²) in [4.78, 5) is 35.1. The molecule has 2 aromatic heterocycles. The number of fused-ring (bicyclic) bond motifs is 1. The Morgan fingerprint density at radius 2 is 2.00 bits per heavy atom. The number of benzene rings is 1. The fourth-order valence-electron chi connectivity index (χ4n) is 2.34. The molecule has 0 aliphatic heterocycles. The molecule has 3 rings (SSSR count). The summed E-state index contributed by atoms with van der Waals surface area (Å²) in [6, 6.07) is 7.04. The van der Waals surface area contributed by atoms with E-state index in [4.69, 9.17) is 11.6 Å². The SMILES string of the molecule is Cc1nc(NC(=O)c2nccc3cc(Cl)ccc23)sc1C(=O)N(C)C. The summed E-state index contributed by atoms with van der Waals surface area (Å²) >= 11 is 7.13. The number of nitrogens with one attached hydrogen (secondary N) is 1. The Hall–Kier alpha value is -2.51. The fraction of sp³-hybridized carbons (Fsp3) is 0.176. The lowest BCUT2D eigenvalue weighted by atomic mass is 10.1. The highest BCUT2D eigenvalue weighted by Crippen LogP contribution is 2.25. The van der Waals surface area contributed by atoms with Gasteiger partial charge in [0.2, 0.25) is 0 Å². The number of carbonyl (C=O) groups is 2. The van der Waals surface area contributed by atoms with Gasteiger partial charge >= 0.3 is 0 Å². The second-order valence-electron chi connectivity index (χ2n) is 5.61. The highest BCUT2D eigenvalue weighted by molar-refractivity contribution is 7.17. The number of anilines is 1. The number of aromatic nitrogens is 2. The zero-order chi connectivity index (χ0) is 18.1. The summed E-state index contributed by atoms with van der Waals surface area (Å²) in [5, 5.41) is 5.20. The van der Waals surface area contributed by atoms with Crippen LogP contribution >= 0.6 is 22.9 Å². The number of aryl methyl sites for hydroxylation is 1. The summed E-state index contributed by atoms with van der Waals surface area (Å²) in [6.07, 6.45) is 1.56. The molecule has 6 nitrogen and oxygen atoms in total. The minimum absolute atomic E-state index is 0.145. The third kappa shape index (κ3) is 3.47. The third-order valence-corrected chi connectivity index (χ3v) is 4.85. The normalized spacial score (nSPS) is 10.7. The van der Waals surface area contributed by atoms with Crippen LogP contribution in [0, 0.1) is 6.92 Å². The Bertz CT molecular complexity index is 984. The second-order valence-corrected chi connectivity index (χ2v) is 7.05. The minimum atomic E-state index is -0.384. The number of pyridine rings is 1. The molecule has 1 aromatic carbocycles. The standard InChI is InChI=1S/C17H15ClN4O2S/c1-9-14(16(24)22(2)3)25-17(20-9)21-15(23)13-12-5-4-11(18)8-10(12)6-7-19-13/h4-8H,1-3H3,(H,20,21,23). The molecule has 0 saturated heterocycles. The minimum Gasteiger partial charge on any atom is -0.344 e. The molecule has 0 unspecified atom stereocenters. The molecule has 0 aliphatic rings. The van der Waals surface area contributed by atoms with Gasteiger partial charge in [0.05, 0.1) is 5.69 Å². The predicted molar refractivity (Wildman–Crippen MR) is 99.6 cm³/mol. The van der Waals surface area contributed by atoms with Crippen LogP contribution in [0.5, 0.6) is 0 Å². The van der Waals surface area contributed by atoms with E-state index < -0.39 is 0 Å². The lowest BCUT2D eigenvalue weighted by Crippen LogP contribution is -2.21. The predicted octanol–water partition coefficient (Wildman–Crippen LogP) is 3.61. The molecule has 0 atom stereocenters. The van der Waals surface area contributed by atoms with Crippen LogP contribution in [0.4, 0.5) is 5.13 Å². The van der Waals surface area contributed by atoms with Crippen molar-refractivity contribution in [3.8, 4) is 0 Å². The van der Waals surface area contributed by atoms with E-state index in [0.717, 1.165) is 16.7 Å². The summed E-state index contributed by atoms with van der Waals surface area (Å²) < 4.78 is 0. The third-order valence-electron chi connectivity index (χ3n) is 3.56. The summed E-state index contributed by atoms with van der Waals surface area (Å²) in [6.45, 7) is 1.74. The lowest BCUT2D eigenvalue weighted by molar-refractivity contribution is 0.0831. The Kier molecular flexibility index (Phi) is 4.69. The number of thiazole rings is 1. The van der Waals surface area contributed by atoms with Crippen LogP contribution in [-0.4, -0.2) is 40.8 Å². The first-order valence-electron chi connectivity index (χ1n) is 7.41. The van der Waals surface area contributed by atoms with Gasteiger partial charge < -0.3 is 4.90 Å². The van der Waals surface area contributed by atoms with Gasteiger partial charge in [-0.2, -0.15) is 0 Å². The van der Waals surface area contributed by atoms with Crippen molar-refractivity contribution >= 4 is 50.7 Å². The Morgan fingerprint density at radius 3 is 2.72 bits per heavy atom. The molecule has 2 amide bonds. The Balaban J connectivity index is 1.91. The number of carbonyl (C=O) groups excluding carboxylic acids is 2. The van der Waals surface area contributed by atoms with Gasteiger partial charge in [-0.3, -0.25) is 19.9 Å². The lowest BCUT2D eigenvalue weighted by Gasteiger charge is -2.07. The summed E-state index contributed by atoms with van der Waals surface area (Å²) in [5.41, 5.74) is 0.860. The number of halogens is 1. The maximum atomic E-state index is 12.6. The van der Waals surface area contributed by atoms with E-state index in [1.165, 1.54) is 4.90 Å². The molecule has 0 saturated carbocycles. The molecular formula is C17H15ClN4O2S. The van der Waals surface area contributed by atoms with Gasteiger partial charge in [0.15, 0.2) is 5.13 Å². The number of amides is 2. The van der Waals surface area contributed by atoms with E-state index in [1.807, 2.05) is 0 Å². The van der Waals surface area contributed by atoms with Crippen molar-refractivity contribution in [2.45, 2.75) is 6.92 Å². The van der Waals surface area contributed by atoms with E-state index in [1.54, 1.807) is 51.5 Å². The van der Waals surface area contributed by atoms with Gasteiger partial charge in [-0.1, -0.05) is 29.0 Å². The highest BCUT2D eigenvalue weighted by Gasteiger charge is 2.19. The smallest absolute Gasteiger partial charge is 0.276 e. The fourth-order valence-corrected chi connectivity index (χ4v) is 3.50. The van der Waals surface area contributed by atoms with Gasteiger partial charge in [0.1, 0.15) is 10.6 Å². The largest absolute Gasteiger partial charge is 0.344 e. The molecule has 0 spiro atoms. The molecule has 1 N–H and O–H groups in total. The Morgan fingerprint density at radius 1 is 1.24 bits per heavy atom. The Labute approximate surface area is 153 Å². The van der Waals surface area contributed by atoms with Crippen molar-refractivity contribution in [1.29, 1.82) is 0 Å². The van der Waals surface area contributed by atoms with E-state index in [-0.39, 0.29) is 17.5 Å². The van der Waals surface area contributed by atoms with E-state index >= 15 is 0 Å². The first-order chi connectivity index (χ1) is 11.9. The topological polar surface area (TPSA) is 75.2 Å². The average molecular weight is 375 g/mol. The van der Waals surface area contributed by atoms with Crippen molar-refractivity contribution in [3.63, 3.8) is 0 Å². The van der Waals surface area contributed by atoms with Crippen LogP contribution in [0.25, 0.3) is 10.8 Å². The van der Waals surface area contributed by atoms with Gasteiger partial charge in [-0.15, -0.1) is 0 Å². The monoisotopic (exact) mass is 374 g/mol. The van der Waals surface area contributed by atoms with Crippen molar-refractivity contribution in [2.75, 3.05) is 19.4 Å². The molecular weight excluding hydrogens is 360 g/mol. The molecule has 0 radical (unpaired) electrons. The maximum absolute atomic E-state index is 12.6. The van der Waals surface area contributed by atoms with Crippen LogP contribution in [0.2, 0.25) is 5.02 Å². The van der Waals surface area contributed by atoms with Crippen molar-refractivity contribution in [1.82, 2.24) is 14.9 Å². The van der Waals surface area contributed by atoms with Gasteiger partial charge in [-0.05, 0) is 30.5 Å². The van der Waals surface area contributed by atoms with E-state index in [0.29, 0.717) is 26.1 Å². The molecule has 0 bridgehead atoms. The van der Waals surface area contributed by atoms with E-state index in [9.17, 15) is 9.59 Å². The van der Waals surface area contributed by atoms with Gasteiger partial charge in [0, 0.05) is 30.7 Å². The number of hydrogen-bond acceptors (Lipinski definition) is 5. The van der Waals surface area contributed by atoms with Crippen LogP contribution < -0.4 is 5.32 Å². The second kappa shape index (κ2) is 6.78. The average Bonchev–Trinajstić information content (AvgIpc) is 2.93. The zero-order valence-electron chi connectivity index (χ0n) is 13.8. The van der Waals surface area contributed by atoms with Crippen molar-refractivity contribution in [3.05, 3.63) is 51.7 Å². The van der Waals surface area contributed by atoms with Crippen LogP contribution in [0.15, 0.2) is 30.5 Å². The quantitative estimate of drug-likeness (QED) is 0.759. The van der Waals surface area contributed by atoms with Crippen LogP contribution in [0.3, 0.4) is 0 Å². The maximum Gasteiger partial charge on any atom is 0.276 e. The van der Waals surface area contributed by atoms with E-state index in [2.05, 4.69) is 15.3 Å². The number of rotatable bonds is 3. The molecule has 2 heterocycles. The zero-order valence-corrected chi connectivity index (χ0v) is 15.4. The number of hydrogen-bond donors (Lipinski definition) is 1. The van der Waals surface area contributed by atoms with Crippen molar-refractivity contribution < 1.29 is 9.59 Å².